The maximum Gasteiger partial charge on any atom is 0.255 e. The number of phenolic OH excluding ortho intramolecular Hbond substituents is 1. The van der Waals surface area contributed by atoms with Gasteiger partial charge in [0.15, 0.2) is 0 Å². The van der Waals surface area contributed by atoms with Crippen LogP contribution < -0.4 is 5.32 Å². The molecule has 0 saturated carbocycles. The minimum atomic E-state index is -0.361. The maximum atomic E-state index is 12.0. The van der Waals surface area contributed by atoms with Crippen LogP contribution in [-0.4, -0.2) is 26.8 Å². The van der Waals surface area contributed by atoms with E-state index in [2.05, 4.69) is 10.4 Å². The van der Waals surface area contributed by atoms with E-state index in [1.165, 1.54) is 18.2 Å². The summed E-state index contributed by atoms with van der Waals surface area (Å²) in [6.45, 7) is 2.42. The molecule has 0 aliphatic rings. The predicted molar refractivity (Wildman–Crippen MR) is 72.3 cm³/mol. The van der Waals surface area contributed by atoms with Crippen LogP contribution in [0.4, 0.5) is 0 Å². The maximum absolute atomic E-state index is 12.0. The molecule has 6 heteroatoms. The number of rotatable bonds is 4. The normalized spacial score (nSPS) is 12.1. The number of aromatic hydroxyl groups is 1. The molecule has 0 aliphatic carbocycles. The van der Waals surface area contributed by atoms with Gasteiger partial charge in [0.25, 0.3) is 5.91 Å². The van der Waals surface area contributed by atoms with E-state index in [9.17, 15) is 9.90 Å². The molecule has 5 nitrogen and oxygen atoms in total. The van der Waals surface area contributed by atoms with Gasteiger partial charge in [0.2, 0.25) is 0 Å². The van der Waals surface area contributed by atoms with E-state index in [-0.39, 0.29) is 23.3 Å². The molecule has 2 aromatic rings. The van der Waals surface area contributed by atoms with Crippen LogP contribution >= 0.6 is 11.6 Å². The number of carbonyl (C=O) groups excluding carboxylic acids is 1. The molecule has 0 fully saturated rings. The molecule has 1 unspecified atom stereocenters. The number of halogens is 1. The fraction of sp³-hybridized carbons (Fsp3) is 0.231. The van der Waals surface area contributed by atoms with Crippen molar-refractivity contribution in [2.24, 2.45) is 0 Å². The van der Waals surface area contributed by atoms with Gasteiger partial charge in [-0.1, -0.05) is 11.6 Å². The van der Waals surface area contributed by atoms with E-state index < -0.39 is 0 Å². The van der Waals surface area contributed by atoms with Crippen LogP contribution in [0.2, 0.25) is 5.02 Å². The number of phenols is 1. The molecular weight excluding hydrogens is 266 g/mol. The lowest BCUT2D eigenvalue weighted by Gasteiger charge is -2.14. The topological polar surface area (TPSA) is 67.2 Å². The van der Waals surface area contributed by atoms with Crippen molar-refractivity contribution in [3.8, 4) is 5.75 Å². The fourth-order valence-electron chi connectivity index (χ4n) is 1.73. The highest BCUT2D eigenvalue weighted by Crippen LogP contribution is 2.21. The molecule has 2 rings (SSSR count). The van der Waals surface area contributed by atoms with Gasteiger partial charge in [-0.15, -0.1) is 0 Å². The van der Waals surface area contributed by atoms with E-state index in [4.69, 9.17) is 11.6 Å². The number of benzene rings is 1. The molecule has 2 N–H and O–H groups in total. The lowest BCUT2D eigenvalue weighted by atomic mass is 10.1. The largest absolute Gasteiger partial charge is 0.507 e. The number of carbonyl (C=O) groups is 1. The average molecular weight is 280 g/mol. The van der Waals surface area contributed by atoms with Gasteiger partial charge >= 0.3 is 0 Å². The molecule has 1 aromatic heterocycles. The van der Waals surface area contributed by atoms with Crippen LogP contribution in [0.25, 0.3) is 0 Å². The number of aromatic nitrogens is 2. The number of nitrogens with one attached hydrogen (secondary N) is 1. The first-order chi connectivity index (χ1) is 9.06. The van der Waals surface area contributed by atoms with E-state index >= 15 is 0 Å². The Bertz CT molecular complexity index is 569. The van der Waals surface area contributed by atoms with E-state index in [1.54, 1.807) is 10.9 Å². The second kappa shape index (κ2) is 5.75. The lowest BCUT2D eigenvalue weighted by Crippen LogP contribution is -2.35. The van der Waals surface area contributed by atoms with Gasteiger partial charge in [0.05, 0.1) is 12.1 Å². The molecule has 0 spiro atoms. The minimum absolute atomic E-state index is 0.0896. The molecule has 1 amide bonds. The van der Waals surface area contributed by atoms with Gasteiger partial charge in [0.1, 0.15) is 5.75 Å². The van der Waals surface area contributed by atoms with Gasteiger partial charge in [-0.2, -0.15) is 5.10 Å². The predicted octanol–water partition coefficient (Wildman–Crippen LogP) is 2.06. The molecule has 0 saturated heterocycles. The second-order valence-corrected chi connectivity index (χ2v) is 4.70. The quantitative estimate of drug-likeness (QED) is 0.900. The van der Waals surface area contributed by atoms with Crippen molar-refractivity contribution in [1.82, 2.24) is 15.1 Å². The van der Waals surface area contributed by atoms with Gasteiger partial charge < -0.3 is 10.4 Å². The third-order valence-corrected chi connectivity index (χ3v) is 2.84. The highest BCUT2D eigenvalue weighted by Gasteiger charge is 2.14. The van der Waals surface area contributed by atoms with Gasteiger partial charge in [0, 0.05) is 23.5 Å². The Morgan fingerprint density at radius 2 is 2.37 bits per heavy atom. The van der Waals surface area contributed by atoms with Crippen LogP contribution in [0.15, 0.2) is 36.7 Å². The van der Waals surface area contributed by atoms with Crippen molar-refractivity contribution in [3.05, 3.63) is 47.2 Å². The molecule has 0 aliphatic heterocycles. The first-order valence-electron chi connectivity index (χ1n) is 5.83. The summed E-state index contributed by atoms with van der Waals surface area (Å²) in [5, 5.41) is 16.9. The molecule has 100 valence electrons. The fourth-order valence-corrected chi connectivity index (χ4v) is 1.90. The Hall–Kier alpha value is -2.01. The zero-order chi connectivity index (χ0) is 13.8. The van der Waals surface area contributed by atoms with Crippen LogP contribution in [0, 0.1) is 0 Å². The summed E-state index contributed by atoms with van der Waals surface area (Å²) in [5.74, 6) is -0.451. The number of hydrogen-bond donors (Lipinski definition) is 2. The van der Waals surface area contributed by atoms with Crippen molar-refractivity contribution in [2.45, 2.75) is 19.5 Å². The zero-order valence-electron chi connectivity index (χ0n) is 10.4. The summed E-state index contributed by atoms with van der Waals surface area (Å²) in [7, 11) is 0. The van der Waals surface area contributed by atoms with Gasteiger partial charge in [-0.05, 0) is 31.2 Å². The first-order valence-corrected chi connectivity index (χ1v) is 6.21. The number of amides is 1. The monoisotopic (exact) mass is 279 g/mol. The van der Waals surface area contributed by atoms with E-state index in [1.807, 2.05) is 19.2 Å². The summed E-state index contributed by atoms with van der Waals surface area (Å²) in [6.07, 6.45) is 3.50. The van der Waals surface area contributed by atoms with Crippen molar-refractivity contribution in [2.75, 3.05) is 0 Å². The van der Waals surface area contributed by atoms with Crippen molar-refractivity contribution < 1.29 is 9.90 Å². The molecule has 1 heterocycles. The molecule has 19 heavy (non-hydrogen) atoms. The molecule has 1 aromatic carbocycles. The lowest BCUT2D eigenvalue weighted by molar-refractivity contribution is 0.0933. The van der Waals surface area contributed by atoms with Crippen LogP contribution in [0.1, 0.15) is 17.3 Å². The Balaban J connectivity index is 2.02. The Labute approximate surface area is 115 Å². The van der Waals surface area contributed by atoms with Crippen molar-refractivity contribution >= 4 is 17.5 Å². The summed E-state index contributed by atoms with van der Waals surface area (Å²) < 4.78 is 1.72. The number of nitrogens with zero attached hydrogens (tertiary/aromatic N) is 2. The zero-order valence-corrected chi connectivity index (χ0v) is 11.1. The average Bonchev–Trinajstić information content (AvgIpc) is 2.84. The first kappa shape index (κ1) is 13.4. The summed E-state index contributed by atoms with van der Waals surface area (Å²) in [4.78, 5) is 12.0. The summed E-state index contributed by atoms with van der Waals surface area (Å²) >= 11 is 5.81. The highest BCUT2D eigenvalue weighted by molar-refractivity contribution is 6.31. The van der Waals surface area contributed by atoms with E-state index in [0.717, 1.165) is 0 Å². The second-order valence-electron chi connectivity index (χ2n) is 4.26. The van der Waals surface area contributed by atoms with Crippen LogP contribution in [0.5, 0.6) is 5.75 Å². The molecule has 0 radical (unpaired) electrons. The third kappa shape index (κ3) is 3.48. The van der Waals surface area contributed by atoms with Crippen molar-refractivity contribution in [3.63, 3.8) is 0 Å². The summed E-state index contributed by atoms with van der Waals surface area (Å²) in [5.41, 5.74) is 0.166. The Kier molecular flexibility index (Phi) is 4.06. The van der Waals surface area contributed by atoms with Crippen LogP contribution in [0.3, 0.4) is 0 Å². The van der Waals surface area contributed by atoms with Crippen molar-refractivity contribution in [1.29, 1.82) is 0 Å². The Morgan fingerprint density at radius 1 is 1.58 bits per heavy atom. The molecular formula is C13H14ClN3O2. The third-order valence-electron chi connectivity index (χ3n) is 2.60. The van der Waals surface area contributed by atoms with Gasteiger partial charge in [-0.25, -0.2) is 0 Å². The highest BCUT2D eigenvalue weighted by atomic mass is 35.5. The van der Waals surface area contributed by atoms with E-state index in [0.29, 0.717) is 11.6 Å². The molecule has 0 bridgehead atoms. The standard InChI is InChI=1S/C13H14ClN3O2/c1-9(8-17-6-2-5-15-17)16-13(19)11-7-10(14)3-4-12(11)18/h2-7,9,18H,8H2,1H3,(H,16,19). The molecule has 1 atom stereocenters. The van der Waals surface area contributed by atoms with Gasteiger partial charge in [-0.3, -0.25) is 9.48 Å². The smallest absolute Gasteiger partial charge is 0.255 e. The SMILES string of the molecule is CC(Cn1cccn1)NC(=O)c1cc(Cl)ccc1O. The van der Waals surface area contributed by atoms with Crippen LogP contribution in [-0.2, 0) is 6.54 Å². The summed E-state index contributed by atoms with van der Waals surface area (Å²) in [6, 6.07) is 6.06. The minimum Gasteiger partial charge on any atom is -0.507 e. The Morgan fingerprint density at radius 3 is 3.05 bits per heavy atom. The number of hydrogen-bond acceptors (Lipinski definition) is 3.